The maximum atomic E-state index is 5.61. The van der Waals surface area contributed by atoms with E-state index in [1.54, 1.807) is 0 Å². The van der Waals surface area contributed by atoms with Gasteiger partial charge in [-0.1, -0.05) is 11.3 Å². The van der Waals surface area contributed by atoms with Gasteiger partial charge in [0, 0.05) is 4.47 Å². The van der Waals surface area contributed by atoms with Gasteiger partial charge in [-0.2, -0.15) is 0 Å². The summed E-state index contributed by atoms with van der Waals surface area (Å²) in [6.07, 6.45) is 2.93. The van der Waals surface area contributed by atoms with Gasteiger partial charge in [-0.3, -0.25) is 0 Å². The van der Waals surface area contributed by atoms with Crippen LogP contribution in [0.2, 0.25) is 0 Å². The van der Waals surface area contributed by atoms with Gasteiger partial charge in [-0.25, -0.2) is 4.68 Å². The Morgan fingerprint density at radius 2 is 2.31 bits per heavy atom. The number of halogens is 1. The van der Waals surface area contributed by atoms with E-state index in [0.29, 0.717) is 6.10 Å². The van der Waals surface area contributed by atoms with Crippen molar-refractivity contribution in [1.82, 2.24) is 15.0 Å². The number of rotatable bonds is 4. The van der Waals surface area contributed by atoms with Gasteiger partial charge in [0.2, 0.25) is 0 Å². The first-order valence-electron chi connectivity index (χ1n) is 5.44. The number of hydrogen-bond donors (Lipinski definition) is 0. The average molecular weight is 282 g/mol. The van der Waals surface area contributed by atoms with Crippen LogP contribution in [0.25, 0.3) is 11.0 Å². The van der Waals surface area contributed by atoms with Gasteiger partial charge in [0.15, 0.2) is 0 Å². The smallest absolute Gasteiger partial charge is 0.127 e. The van der Waals surface area contributed by atoms with Crippen molar-refractivity contribution < 1.29 is 4.74 Å². The van der Waals surface area contributed by atoms with E-state index < -0.39 is 0 Å². The predicted molar refractivity (Wildman–Crippen MR) is 64.2 cm³/mol. The molecule has 1 saturated carbocycles. The maximum Gasteiger partial charge on any atom is 0.127 e. The zero-order chi connectivity index (χ0) is 11.0. The van der Waals surface area contributed by atoms with Crippen LogP contribution in [0.1, 0.15) is 12.8 Å². The third-order valence-corrected chi connectivity index (χ3v) is 3.32. The van der Waals surface area contributed by atoms with Crippen molar-refractivity contribution in [2.24, 2.45) is 0 Å². The third kappa shape index (κ3) is 1.97. The number of ether oxygens (including phenoxy) is 1. The molecule has 1 aromatic heterocycles. The topological polar surface area (TPSA) is 39.9 Å². The van der Waals surface area contributed by atoms with Crippen LogP contribution in [0, 0.1) is 0 Å². The molecule has 1 heterocycles. The normalized spacial score (nSPS) is 15.8. The van der Waals surface area contributed by atoms with Crippen molar-refractivity contribution in [3.05, 3.63) is 22.7 Å². The molecule has 0 aliphatic heterocycles. The molecular formula is C11H12BrN3O. The molecule has 0 atom stereocenters. The van der Waals surface area contributed by atoms with E-state index in [0.717, 1.165) is 28.7 Å². The highest BCUT2D eigenvalue weighted by atomic mass is 79.9. The van der Waals surface area contributed by atoms with Gasteiger partial charge < -0.3 is 4.74 Å². The Labute approximate surface area is 102 Å². The van der Waals surface area contributed by atoms with Gasteiger partial charge >= 0.3 is 0 Å². The van der Waals surface area contributed by atoms with Crippen molar-refractivity contribution in [3.8, 4) is 0 Å². The minimum absolute atomic E-state index is 0.501. The van der Waals surface area contributed by atoms with Crippen LogP contribution in [0.15, 0.2) is 22.7 Å². The summed E-state index contributed by atoms with van der Waals surface area (Å²) in [5.41, 5.74) is 1.96. The largest absolute Gasteiger partial charge is 0.376 e. The first-order valence-corrected chi connectivity index (χ1v) is 6.23. The van der Waals surface area contributed by atoms with Crippen molar-refractivity contribution in [2.45, 2.75) is 25.5 Å². The van der Waals surface area contributed by atoms with E-state index in [1.807, 2.05) is 22.9 Å². The molecular weight excluding hydrogens is 270 g/mol. The summed E-state index contributed by atoms with van der Waals surface area (Å²) in [5.74, 6) is 0. The molecule has 16 heavy (non-hydrogen) atoms. The summed E-state index contributed by atoms with van der Waals surface area (Å²) in [4.78, 5) is 0. The molecule has 0 N–H and O–H groups in total. The van der Waals surface area contributed by atoms with Crippen molar-refractivity contribution >= 4 is 27.0 Å². The number of hydrogen-bond acceptors (Lipinski definition) is 3. The molecule has 4 nitrogen and oxygen atoms in total. The van der Waals surface area contributed by atoms with E-state index in [2.05, 4.69) is 26.2 Å². The summed E-state index contributed by atoms with van der Waals surface area (Å²) in [6.45, 7) is 1.49. The first kappa shape index (κ1) is 10.2. The van der Waals surface area contributed by atoms with Gasteiger partial charge in [-0.15, -0.1) is 5.10 Å². The SMILES string of the molecule is Brc1cccc2c1nnn2CCOC1CC1. The van der Waals surface area contributed by atoms with E-state index in [9.17, 15) is 0 Å². The highest BCUT2D eigenvalue weighted by Gasteiger charge is 2.21. The van der Waals surface area contributed by atoms with Gasteiger partial charge in [-0.05, 0) is 40.9 Å². The number of nitrogens with zero attached hydrogens (tertiary/aromatic N) is 3. The van der Waals surface area contributed by atoms with Crippen LogP contribution in [0.5, 0.6) is 0 Å². The molecule has 0 spiro atoms. The average Bonchev–Trinajstić information content (AvgIpc) is 3.00. The minimum Gasteiger partial charge on any atom is -0.376 e. The molecule has 3 rings (SSSR count). The summed E-state index contributed by atoms with van der Waals surface area (Å²) in [5, 5.41) is 8.27. The van der Waals surface area contributed by atoms with Crippen LogP contribution in [-0.2, 0) is 11.3 Å². The quantitative estimate of drug-likeness (QED) is 0.864. The van der Waals surface area contributed by atoms with Gasteiger partial charge in [0.05, 0.1) is 24.8 Å². The van der Waals surface area contributed by atoms with Crippen molar-refractivity contribution in [1.29, 1.82) is 0 Å². The molecule has 5 heteroatoms. The van der Waals surface area contributed by atoms with Crippen LogP contribution in [0.3, 0.4) is 0 Å². The predicted octanol–water partition coefficient (Wildman–Crippen LogP) is 2.37. The summed E-state index contributed by atoms with van der Waals surface area (Å²) in [7, 11) is 0. The fourth-order valence-corrected chi connectivity index (χ4v) is 2.10. The maximum absolute atomic E-state index is 5.61. The lowest BCUT2D eigenvalue weighted by molar-refractivity contribution is 0.110. The second kappa shape index (κ2) is 4.14. The van der Waals surface area contributed by atoms with Crippen LogP contribution < -0.4 is 0 Å². The standard InChI is InChI=1S/C11H12BrN3O/c12-9-2-1-3-10-11(9)13-14-15(10)6-7-16-8-4-5-8/h1-3,8H,4-7H2. The third-order valence-electron chi connectivity index (χ3n) is 2.68. The number of fused-ring (bicyclic) bond motifs is 1. The van der Waals surface area contributed by atoms with Crippen molar-refractivity contribution in [3.63, 3.8) is 0 Å². The molecule has 1 aliphatic carbocycles. The van der Waals surface area contributed by atoms with Gasteiger partial charge in [0.1, 0.15) is 5.52 Å². The van der Waals surface area contributed by atoms with Crippen LogP contribution in [0.4, 0.5) is 0 Å². The first-order chi connectivity index (χ1) is 7.84. The lowest BCUT2D eigenvalue weighted by atomic mass is 10.3. The molecule has 1 aromatic carbocycles. The molecule has 0 amide bonds. The molecule has 0 bridgehead atoms. The molecule has 0 unspecified atom stereocenters. The number of benzene rings is 1. The fourth-order valence-electron chi connectivity index (χ4n) is 1.66. The lowest BCUT2D eigenvalue weighted by Gasteiger charge is -2.03. The van der Waals surface area contributed by atoms with Crippen LogP contribution >= 0.6 is 15.9 Å². The van der Waals surface area contributed by atoms with E-state index in [-0.39, 0.29) is 0 Å². The molecule has 1 fully saturated rings. The van der Waals surface area contributed by atoms with E-state index in [4.69, 9.17) is 4.74 Å². The van der Waals surface area contributed by atoms with E-state index >= 15 is 0 Å². The van der Waals surface area contributed by atoms with E-state index in [1.165, 1.54) is 12.8 Å². The highest BCUT2D eigenvalue weighted by molar-refractivity contribution is 9.10. The minimum atomic E-state index is 0.501. The monoisotopic (exact) mass is 281 g/mol. The lowest BCUT2D eigenvalue weighted by Crippen LogP contribution is -2.08. The molecule has 0 saturated heterocycles. The van der Waals surface area contributed by atoms with Crippen molar-refractivity contribution in [2.75, 3.05) is 6.61 Å². The second-order valence-electron chi connectivity index (χ2n) is 3.99. The summed E-state index contributed by atoms with van der Waals surface area (Å²) < 4.78 is 8.48. The van der Waals surface area contributed by atoms with Gasteiger partial charge in [0.25, 0.3) is 0 Å². The summed E-state index contributed by atoms with van der Waals surface area (Å²) >= 11 is 3.46. The Morgan fingerprint density at radius 1 is 1.44 bits per heavy atom. The molecule has 2 aromatic rings. The Balaban J connectivity index is 1.77. The fraction of sp³-hybridized carbons (Fsp3) is 0.455. The Morgan fingerprint density at radius 3 is 3.12 bits per heavy atom. The number of aromatic nitrogens is 3. The Hall–Kier alpha value is -0.940. The molecule has 1 aliphatic rings. The Bertz CT molecular complexity index is 507. The highest BCUT2D eigenvalue weighted by Crippen LogP contribution is 2.24. The molecule has 84 valence electrons. The zero-order valence-electron chi connectivity index (χ0n) is 8.77. The van der Waals surface area contributed by atoms with Crippen LogP contribution in [-0.4, -0.2) is 27.7 Å². The second-order valence-corrected chi connectivity index (χ2v) is 4.84. The molecule has 0 radical (unpaired) electrons. The Kier molecular flexibility index (Phi) is 2.65. The zero-order valence-corrected chi connectivity index (χ0v) is 10.4. The summed E-state index contributed by atoms with van der Waals surface area (Å²) in [6, 6.07) is 5.99.